The number of rotatable bonds is 11. The van der Waals surface area contributed by atoms with Crippen LogP contribution < -0.4 is 5.32 Å². The van der Waals surface area contributed by atoms with Crippen molar-refractivity contribution in [2.75, 3.05) is 6.54 Å². The number of hydrogen-bond donors (Lipinski definition) is 2. The van der Waals surface area contributed by atoms with Gasteiger partial charge in [-0.15, -0.1) is 0 Å². The van der Waals surface area contributed by atoms with Crippen LogP contribution in [-0.2, 0) is 25.5 Å². The molecule has 2 N–H and O–H groups in total. The Morgan fingerprint density at radius 3 is 2.14 bits per heavy atom. The molecule has 4 rings (SSSR count). The number of pyridine rings is 1. The van der Waals surface area contributed by atoms with Crippen LogP contribution in [0.5, 0.6) is 0 Å². The van der Waals surface area contributed by atoms with Crippen molar-refractivity contribution in [3.8, 4) is 0 Å². The van der Waals surface area contributed by atoms with E-state index < -0.39 is 48.6 Å². The minimum atomic E-state index is -1.64. The fourth-order valence-electron chi connectivity index (χ4n) is 5.09. The second-order valence-corrected chi connectivity index (χ2v) is 11.2. The summed E-state index contributed by atoms with van der Waals surface area (Å²) in [6.07, 6.45) is 2.69. The van der Waals surface area contributed by atoms with Gasteiger partial charge in [-0.25, -0.2) is 4.79 Å². The predicted octanol–water partition coefficient (Wildman–Crippen LogP) is 3.43. The van der Waals surface area contributed by atoms with E-state index in [0.717, 1.165) is 5.56 Å². The number of hydrogen-bond acceptors (Lipinski definition) is 7. The van der Waals surface area contributed by atoms with E-state index in [1.807, 2.05) is 50.2 Å². The Morgan fingerprint density at radius 1 is 0.932 bits per heavy atom. The second kappa shape index (κ2) is 14.6. The summed E-state index contributed by atoms with van der Waals surface area (Å²) in [7, 11) is 0. The number of carbonyl (C=O) groups is 4. The summed E-state index contributed by atoms with van der Waals surface area (Å²) >= 11 is 0. The topological polar surface area (TPSA) is 129 Å². The van der Waals surface area contributed by atoms with Crippen molar-refractivity contribution >= 4 is 29.4 Å². The first-order chi connectivity index (χ1) is 21.1. The van der Waals surface area contributed by atoms with Crippen molar-refractivity contribution in [1.29, 1.82) is 0 Å². The SMILES string of the molecule is CC(C)OC(=O)C(O)[C@H](Cc1ccccc1)NC(=O)CN1C(=O)C(C(C)C)N(C(=O)c2ccncc2)C=C1c1ccccc1. The smallest absolute Gasteiger partial charge is 0.337 e. The van der Waals surface area contributed by atoms with Gasteiger partial charge in [0, 0.05) is 24.2 Å². The number of aromatic nitrogens is 1. The number of amides is 3. The normalized spacial score (nSPS) is 16.4. The molecule has 2 unspecified atom stereocenters. The van der Waals surface area contributed by atoms with Crippen LogP contribution in [0.25, 0.3) is 5.70 Å². The number of benzene rings is 2. The quantitative estimate of drug-likeness (QED) is 0.324. The highest BCUT2D eigenvalue weighted by molar-refractivity contribution is 6.03. The van der Waals surface area contributed by atoms with Gasteiger partial charge in [-0.3, -0.25) is 24.3 Å². The lowest BCUT2D eigenvalue weighted by Gasteiger charge is -2.41. The van der Waals surface area contributed by atoms with Crippen LogP contribution in [0.4, 0.5) is 0 Å². The second-order valence-electron chi connectivity index (χ2n) is 11.2. The fourth-order valence-corrected chi connectivity index (χ4v) is 5.09. The zero-order valence-corrected chi connectivity index (χ0v) is 25.3. The minimum Gasteiger partial charge on any atom is -0.461 e. The van der Waals surface area contributed by atoms with Gasteiger partial charge in [0.2, 0.25) is 5.91 Å². The Balaban J connectivity index is 1.67. The van der Waals surface area contributed by atoms with Crippen molar-refractivity contribution < 1.29 is 29.0 Å². The van der Waals surface area contributed by atoms with E-state index >= 15 is 0 Å². The Bertz CT molecular complexity index is 1480. The maximum Gasteiger partial charge on any atom is 0.337 e. The van der Waals surface area contributed by atoms with Gasteiger partial charge >= 0.3 is 5.97 Å². The van der Waals surface area contributed by atoms with E-state index in [1.54, 1.807) is 56.4 Å². The van der Waals surface area contributed by atoms with Gasteiger partial charge in [0.1, 0.15) is 12.6 Å². The first kappa shape index (κ1) is 32.1. The van der Waals surface area contributed by atoms with Crippen LogP contribution in [0.2, 0.25) is 0 Å². The number of ether oxygens (including phenoxy) is 1. The van der Waals surface area contributed by atoms with Gasteiger partial charge in [0.05, 0.1) is 17.8 Å². The molecule has 230 valence electrons. The minimum absolute atomic E-state index is 0.152. The third-order valence-corrected chi connectivity index (χ3v) is 7.15. The number of nitrogens with zero attached hydrogens (tertiary/aromatic N) is 3. The summed E-state index contributed by atoms with van der Waals surface area (Å²) in [4.78, 5) is 60.8. The van der Waals surface area contributed by atoms with Crippen molar-refractivity contribution in [3.63, 3.8) is 0 Å². The number of nitrogens with one attached hydrogen (secondary N) is 1. The Kier molecular flexibility index (Phi) is 10.6. The van der Waals surface area contributed by atoms with Crippen LogP contribution in [0, 0.1) is 5.92 Å². The lowest BCUT2D eigenvalue weighted by molar-refractivity contribution is -0.159. The molecule has 0 saturated heterocycles. The van der Waals surface area contributed by atoms with Crippen molar-refractivity contribution in [1.82, 2.24) is 20.1 Å². The lowest BCUT2D eigenvalue weighted by Crippen LogP contribution is -2.57. The summed E-state index contributed by atoms with van der Waals surface area (Å²) in [6.45, 7) is 6.60. The monoisotopic (exact) mass is 598 g/mol. The fraction of sp³-hybridized carbons (Fsp3) is 0.324. The summed E-state index contributed by atoms with van der Waals surface area (Å²) in [5.41, 5.74) is 2.16. The average molecular weight is 599 g/mol. The van der Waals surface area contributed by atoms with E-state index in [4.69, 9.17) is 4.74 Å². The van der Waals surface area contributed by atoms with Crippen molar-refractivity contribution in [3.05, 3.63) is 108 Å². The molecular formula is C34H38N4O6. The zero-order valence-electron chi connectivity index (χ0n) is 25.3. The molecule has 0 spiro atoms. The van der Waals surface area contributed by atoms with Crippen molar-refractivity contribution in [2.24, 2.45) is 5.92 Å². The highest BCUT2D eigenvalue weighted by Gasteiger charge is 2.41. The molecule has 0 radical (unpaired) electrons. The molecule has 0 aliphatic carbocycles. The molecule has 44 heavy (non-hydrogen) atoms. The van der Waals surface area contributed by atoms with Crippen LogP contribution in [0.1, 0.15) is 49.2 Å². The standard InChI is InChI=1S/C34H38N4O6/c1-22(2)30-33(42)37(28(25-13-9-6-10-14-25)20-38(30)32(41)26-15-17-35-18-16-26)21-29(39)36-27(19-24-11-7-5-8-12-24)31(40)34(43)44-23(3)4/h5-18,20,22-23,27,30-31,40H,19,21H2,1-4H3,(H,36,39)/t27-,30?,31?/m0/s1. The van der Waals surface area contributed by atoms with Gasteiger partial charge < -0.3 is 20.1 Å². The first-order valence-corrected chi connectivity index (χ1v) is 14.6. The van der Waals surface area contributed by atoms with E-state index in [1.165, 1.54) is 22.2 Å². The van der Waals surface area contributed by atoms with E-state index in [2.05, 4.69) is 10.3 Å². The molecule has 0 saturated carbocycles. The number of carbonyl (C=O) groups excluding carboxylic acids is 4. The molecule has 10 heteroatoms. The lowest BCUT2D eigenvalue weighted by atomic mass is 9.96. The summed E-state index contributed by atoms with van der Waals surface area (Å²) < 4.78 is 5.21. The Hall–Kier alpha value is -4.83. The molecule has 1 aliphatic rings. The molecule has 0 fully saturated rings. The number of aliphatic hydroxyl groups excluding tert-OH is 1. The maximum absolute atomic E-state index is 14.1. The molecule has 2 heterocycles. The van der Waals surface area contributed by atoms with E-state index in [-0.39, 0.29) is 18.2 Å². The molecule has 2 aromatic carbocycles. The largest absolute Gasteiger partial charge is 0.461 e. The molecular weight excluding hydrogens is 560 g/mol. The molecule has 3 aromatic rings. The van der Waals surface area contributed by atoms with Gasteiger partial charge in [-0.05, 0) is 49.4 Å². The average Bonchev–Trinajstić information content (AvgIpc) is 3.01. The van der Waals surface area contributed by atoms with Gasteiger partial charge in [-0.1, -0.05) is 74.5 Å². The van der Waals surface area contributed by atoms with Crippen LogP contribution >= 0.6 is 0 Å². The maximum atomic E-state index is 14.1. The number of aliphatic hydroxyl groups is 1. The Labute approximate surface area is 257 Å². The summed E-state index contributed by atoms with van der Waals surface area (Å²) in [5, 5.41) is 13.7. The third kappa shape index (κ3) is 7.76. The summed E-state index contributed by atoms with van der Waals surface area (Å²) in [6, 6.07) is 19.4. The highest BCUT2D eigenvalue weighted by atomic mass is 16.6. The molecule has 1 aromatic heterocycles. The zero-order chi connectivity index (χ0) is 31.8. The molecule has 0 bridgehead atoms. The van der Waals surface area contributed by atoms with Crippen LogP contribution in [0.15, 0.2) is 91.4 Å². The van der Waals surface area contributed by atoms with Crippen LogP contribution in [0.3, 0.4) is 0 Å². The van der Waals surface area contributed by atoms with Gasteiger partial charge in [0.25, 0.3) is 11.8 Å². The predicted molar refractivity (Wildman–Crippen MR) is 164 cm³/mol. The van der Waals surface area contributed by atoms with Crippen LogP contribution in [-0.4, -0.2) is 74.4 Å². The van der Waals surface area contributed by atoms with Crippen molar-refractivity contribution in [2.45, 2.75) is 58.4 Å². The van der Waals surface area contributed by atoms with Gasteiger partial charge in [0.15, 0.2) is 6.10 Å². The summed E-state index contributed by atoms with van der Waals surface area (Å²) in [5.74, 6) is -2.53. The molecule has 10 nitrogen and oxygen atoms in total. The number of esters is 1. The molecule has 1 aliphatic heterocycles. The van der Waals surface area contributed by atoms with E-state index in [0.29, 0.717) is 16.8 Å². The third-order valence-electron chi connectivity index (χ3n) is 7.15. The first-order valence-electron chi connectivity index (χ1n) is 14.6. The molecule has 3 amide bonds. The Morgan fingerprint density at radius 2 is 1.55 bits per heavy atom. The highest BCUT2D eigenvalue weighted by Crippen LogP contribution is 2.31. The van der Waals surface area contributed by atoms with Gasteiger partial charge in [-0.2, -0.15) is 0 Å². The van der Waals surface area contributed by atoms with E-state index in [9.17, 15) is 24.3 Å². The molecule has 3 atom stereocenters.